The first-order valence-electron chi connectivity index (χ1n) is 8.28. The van der Waals surface area contributed by atoms with E-state index in [4.69, 9.17) is 10.9 Å². The number of rotatable bonds is 3. The van der Waals surface area contributed by atoms with Gasteiger partial charge < -0.3 is 5.73 Å². The second kappa shape index (κ2) is 6.81. The van der Waals surface area contributed by atoms with Gasteiger partial charge in [0.25, 0.3) is 0 Å². The third kappa shape index (κ3) is 3.37. The van der Waals surface area contributed by atoms with Crippen LogP contribution in [0.15, 0.2) is 56.6 Å². The maximum atomic E-state index is 13.6. The van der Waals surface area contributed by atoms with Crippen molar-refractivity contribution >= 4 is 32.7 Å². The molecule has 154 valence electrons. The van der Waals surface area contributed by atoms with Gasteiger partial charge in [0.15, 0.2) is 12.5 Å². The van der Waals surface area contributed by atoms with E-state index in [0.29, 0.717) is 22.5 Å². The van der Waals surface area contributed by atoms with Crippen LogP contribution in [0.4, 0.5) is 19.1 Å². The zero-order chi connectivity index (χ0) is 21.7. The van der Waals surface area contributed by atoms with Gasteiger partial charge in [-0.25, -0.2) is 28.5 Å². The molecule has 4 N–H and O–H groups in total. The summed E-state index contributed by atoms with van der Waals surface area (Å²) in [6, 6.07) is 6.62. The number of primary sulfonamides is 1. The maximum absolute atomic E-state index is 13.6. The largest absolute Gasteiger partial charge is 0.417 e. The van der Waals surface area contributed by atoms with Crippen molar-refractivity contribution in [3.63, 3.8) is 0 Å². The third-order valence-corrected chi connectivity index (χ3v) is 5.33. The smallest absolute Gasteiger partial charge is 0.368 e. The van der Waals surface area contributed by atoms with Gasteiger partial charge in [0.1, 0.15) is 4.90 Å². The first-order valence-corrected chi connectivity index (χ1v) is 9.83. The lowest BCUT2D eigenvalue weighted by atomic mass is 9.94. The van der Waals surface area contributed by atoms with Gasteiger partial charge in [0, 0.05) is 22.7 Å². The number of anilines is 1. The van der Waals surface area contributed by atoms with E-state index in [0.717, 1.165) is 6.07 Å². The molecule has 1 aromatic heterocycles. The number of azo groups is 1. The summed E-state index contributed by atoms with van der Waals surface area (Å²) in [5, 5.41) is 13.1. The first kappa shape index (κ1) is 19.8. The van der Waals surface area contributed by atoms with Gasteiger partial charge in [0.05, 0.1) is 11.1 Å². The molecule has 0 fully saturated rings. The summed E-state index contributed by atoms with van der Waals surface area (Å²) >= 11 is 0. The Bertz CT molecular complexity index is 1350. The van der Waals surface area contributed by atoms with Crippen molar-refractivity contribution in [2.75, 3.05) is 12.4 Å². The van der Waals surface area contributed by atoms with Crippen LogP contribution < -0.4 is 10.9 Å². The molecule has 13 heteroatoms. The average molecular weight is 435 g/mol. The molecule has 0 saturated carbocycles. The Morgan fingerprint density at radius 1 is 1.07 bits per heavy atom. The van der Waals surface area contributed by atoms with Crippen molar-refractivity contribution in [1.29, 1.82) is 0 Å². The van der Waals surface area contributed by atoms with Crippen LogP contribution in [0.2, 0.25) is 0 Å². The fraction of sp³-hybridized carbons (Fsp3) is 0.118. The Balaban J connectivity index is 2.18. The second-order valence-electron chi connectivity index (χ2n) is 6.24. The van der Waals surface area contributed by atoms with Crippen molar-refractivity contribution in [3.8, 4) is 11.1 Å². The lowest BCUT2D eigenvalue weighted by molar-refractivity contribution is -0.139. The predicted octanol–water partition coefficient (Wildman–Crippen LogP) is 2.72. The highest BCUT2D eigenvalue weighted by atomic mass is 32.2. The Hall–Kier alpha value is -3.45. The van der Waals surface area contributed by atoms with Crippen LogP contribution in [0.5, 0.6) is 0 Å². The summed E-state index contributed by atoms with van der Waals surface area (Å²) in [6.45, 7) is -0.153. The number of alkyl halides is 3. The van der Waals surface area contributed by atoms with Gasteiger partial charge >= 0.3 is 6.18 Å². The number of hydrogen-bond donors (Lipinski definition) is 2. The van der Waals surface area contributed by atoms with Crippen molar-refractivity contribution in [2.24, 2.45) is 20.4 Å². The highest BCUT2D eigenvalue weighted by Crippen LogP contribution is 2.41. The van der Waals surface area contributed by atoms with E-state index in [1.807, 2.05) is 0 Å². The van der Waals surface area contributed by atoms with Gasteiger partial charge in [-0.1, -0.05) is 24.3 Å². The van der Waals surface area contributed by atoms with E-state index in [2.05, 4.69) is 25.2 Å². The van der Waals surface area contributed by atoms with Gasteiger partial charge in [-0.3, -0.25) is 0 Å². The molecule has 2 heterocycles. The third-order valence-electron chi connectivity index (χ3n) is 4.34. The molecule has 2 aromatic carbocycles. The number of hydrogen-bond acceptors (Lipinski definition) is 8. The molecule has 0 amide bonds. The number of sulfonamides is 1. The van der Waals surface area contributed by atoms with Crippen LogP contribution in [0, 0.1) is 0 Å². The topological polar surface area (TPSA) is 149 Å². The number of amidine groups is 1. The van der Waals surface area contributed by atoms with Gasteiger partial charge in [-0.2, -0.15) is 18.3 Å². The normalized spacial score (nSPS) is 14.3. The summed E-state index contributed by atoms with van der Waals surface area (Å²) in [5.41, 5.74) is 4.53. The molecule has 0 spiro atoms. The monoisotopic (exact) mass is 435 g/mol. The molecule has 0 saturated heterocycles. The summed E-state index contributed by atoms with van der Waals surface area (Å²) in [5.74, 6) is -0.341. The Morgan fingerprint density at radius 3 is 2.47 bits per heavy atom. The molecule has 4 rings (SSSR count). The van der Waals surface area contributed by atoms with Crippen LogP contribution in [0.3, 0.4) is 0 Å². The fourth-order valence-electron chi connectivity index (χ4n) is 3.19. The Kier molecular flexibility index (Phi) is 4.51. The van der Waals surface area contributed by atoms with Gasteiger partial charge in [0.2, 0.25) is 16.0 Å². The Morgan fingerprint density at radius 2 is 1.83 bits per heavy atom. The maximum Gasteiger partial charge on any atom is 0.417 e. The van der Waals surface area contributed by atoms with Crippen LogP contribution >= 0.6 is 0 Å². The van der Waals surface area contributed by atoms with Crippen molar-refractivity contribution in [3.05, 3.63) is 47.7 Å². The summed E-state index contributed by atoms with van der Waals surface area (Å²) in [6.07, 6.45) is -3.55. The molecule has 3 aromatic rings. The van der Waals surface area contributed by atoms with Crippen LogP contribution in [0.1, 0.15) is 11.1 Å². The zero-order valence-electron chi connectivity index (χ0n) is 14.9. The molecule has 0 aliphatic carbocycles. The number of aliphatic imine (C=N–C) groups is 1. The number of nitrogens with zero attached hydrogens (tertiary/aromatic N) is 5. The van der Waals surface area contributed by atoms with E-state index in [-0.39, 0.29) is 24.0 Å². The minimum Gasteiger partial charge on any atom is -0.368 e. The number of nitrogens with two attached hydrogens (primary N) is 2. The quantitative estimate of drug-likeness (QED) is 0.649. The van der Waals surface area contributed by atoms with Crippen molar-refractivity contribution in [2.45, 2.75) is 11.1 Å². The van der Waals surface area contributed by atoms with E-state index < -0.39 is 32.2 Å². The molecule has 30 heavy (non-hydrogen) atoms. The number of nitrogen functional groups attached to an aromatic ring is 1. The van der Waals surface area contributed by atoms with Gasteiger partial charge in [-0.05, 0) is 11.6 Å². The van der Waals surface area contributed by atoms with Crippen LogP contribution in [0.25, 0.3) is 22.0 Å². The summed E-state index contributed by atoms with van der Waals surface area (Å²) < 4.78 is 65.5. The Labute approximate surface area is 167 Å². The summed E-state index contributed by atoms with van der Waals surface area (Å²) in [7, 11) is -4.84. The number of aromatic nitrogens is 2. The molecule has 1 aliphatic heterocycles. The van der Waals surface area contributed by atoms with E-state index >= 15 is 0 Å². The first-order chi connectivity index (χ1) is 14.1. The van der Waals surface area contributed by atoms with Crippen LogP contribution in [-0.4, -0.2) is 30.9 Å². The van der Waals surface area contributed by atoms with Crippen molar-refractivity contribution in [1.82, 2.24) is 9.97 Å². The minimum absolute atomic E-state index is 0.0621. The number of halogens is 3. The number of fused-ring (bicyclic) bond motifs is 1. The predicted molar refractivity (Wildman–Crippen MR) is 102 cm³/mol. The van der Waals surface area contributed by atoms with Gasteiger partial charge in [-0.15, -0.1) is 5.11 Å². The lowest BCUT2D eigenvalue weighted by Gasteiger charge is -2.18. The average Bonchev–Trinajstić information content (AvgIpc) is 3.19. The molecule has 1 aliphatic rings. The van der Waals surface area contributed by atoms with E-state index in [1.165, 1.54) is 6.20 Å². The number of para-hydroxylation sites is 1. The fourth-order valence-corrected chi connectivity index (χ4v) is 4.17. The molecular formula is C17H12F3N7O2S. The lowest BCUT2D eigenvalue weighted by Crippen LogP contribution is -2.23. The molecule has 0 bridgehead atoms. The molecule has 0 radical (unpaired) electrons. The number of benzene rings is 2. The van der Waals surface area contributed by atoms with Crippen LogP contribution in [-0.2, 0) is 16.2 Å². The molecule has 0 atom stereocenters. The zero-order valence-corrected chi connectivity index (χ0v) is 15.7. The SMILES string of the molecule is Nc1ncc2cccc(-c3ccc(C(F)(F)F)c(S(N)(=O)=O)c3C3=NCN=N3)c2n1. The standard InChI is InChI=1S/C17H12F3N7O2S/c18-17(19,20)11-5-4-9(10-3-1-2-8-6-23-16(21)26-13(8)10)12(14(11)30(22,28)29)15-24-7-25-27-15/h1-6H,7H2,(H2,21,23,26)(H2,22,28,29). The minimum atomic E-state index is -4.99. The highest BCUT2D eigenvalue weighted by Gasteiger charge is 2.40. The highest BCUT2D eigenvalue weighted by molar-refractivity contribution is 7.89. The molecular weight excluding hydrogens is 423 g/mol. The molecule has 0 unspecified atom stereocenters. The van der Waals surface area contributed by atoms with E-state index in [1.54, 1.807) is 18.2 Å². The van der Waals surface area contributed by atoms with Crippen molar-refractivity contribution < 1.29 is 21.6 Å². The summed E-state index contributed by atoms with van der Waals surface area (Å²) in [4.78, 5) is 10.8. The second-order valence-corrected chi connectivity index (χ2v) is 7.74. The molecule has 9 nitrogen and oxygen atoms in total. The van der Waals surface area contributed by atoms with E-state index in [9.17, 15) is 21.6 Å².